The van der Waals surface area contributed by atoms with E-state index in [1.165, 1.54) is 0 Å². The van der Waals surface area contributed by atoms with Crippen molar-refractivity contribution in [2.24, 2.45) is 0 Å². The molecular weight excluding hydrogens is 354 g/mol. The number of nitrogens with one attached hydrogen (secondary N) is 1. The van der Waals surface area contributed by atoms with Gasteiger partial charge in [-0.15, -0.1) is 0 Å². The SMILES string of the molecule is Cc1nc2ccc(C(=O)N3CCN(C(C)C(=O)NC4CC4)CC3)cc2nc1C. The number of amides is 2. The van der Waals surface area contributed by atoms with Gasteiger partial charge in [0.05, 0.1) is 28.5 Å². The standard InChI is InChI=1S/C21H27N5O2/c1-13-14(2)23-19-12-16(4-7-18(19)22-13)21(28)26-10-8-25(9-11-26)15(3)20(27)24-17-5-6-17/h4,7,12,15,17H,5-6,8-11H2,1-3H3,(H,24,27). The lowest BCUT2D eigenvalue weighted by molar-refractivity contribution is -0.126. The lowest BCUT2D eigenvalue weighted by Gasteiger charge is -2.37. The first kappa shape index (κ1) is 18.8. The van der Waals surface area contributed by atoms with E-state index in [-0.39, 0.29) is 17.9 Å². The number of aromatic nitrogens is 2. The summed E-state index contributed by atoms with van der Waals surface area (Å²) >= 11 is 0. The predicted octanol–water partition coefficient (Wildman–Crippen LogP) is 1.67. The number of carbonyl (C=O) groups is 2. The van der Waals surface area contributed by atoms with Gasteiger partial charge in [-0.05, 0) is 51.8 Å². The van der Waals surface area contributed by atoms with Gasteiger partial charge in [0.2, 0.25) is 5.91 Å². The monoisotopic (exact) mass is 381 g/mol. The molecule has 1 saturated heterocycles. The highest BCUT2D eigenvalue weighted by Gasteiger charge is 2.31. The quantitative estimate of drug-likeness (QED) is 0.872. The van der Waals surface area contributed by atoms with Crippen molar-refractivity contribution >= 4 is 22.8 Å². The number of rotatable bonds is 4. The summed E-state index contributed by atoms with van der Waals surface area (Å²) in [7, 11) is 0. The molecular formula is C21H27N5O2. The summed E-state index contributed by atoms with van der Waals surface area (Å²) in [4.78, 5) is 38.3. The predicted molar refractivity (Wildman–Crippen MR) is 107 cm³/mol. The van der Waals surface area contributed by atoms with Crippen LogP contribution in [0, 0.1) is 13.8 Å². The van der Waals surface area contributed by atoms with Gasteiger partial charge < -0.3 is 10.2 Å². The first-order valence-electron chi connectivity index (χ1n) is 10.0. The van der Waals surface area contributed by atoms with Crippen LogP contribution in [0.5, 0.6) is 0 Å². The highest BCUT2D eigenvalue weighted by Crippen LogP contribution is 2.20. The maximum atomic E-state index is 12.9. The molecule has 0 bridgehead atoms. The van der Waals surface area contributed by atoms with Gasteiger partial charge in [-0.25, -0.2) is 9.97 Å². The van der Waals surface area contributed by atoms with Crippen molar-refractivity contribution in [3.63, 3.8) is 0 Å². The second kappa shape index (κ2) is 7.47. The van der Waals surface area contributed by atoms with Crippen LogP contribution >= 0.6 is 0 Å². The number of nitrogens with zero attached hydrogens (tertiary/aromatic N) is 4. The molecule has 1 N–H and O–H groups in total. The molecule has 1 atom stereocenters. The Balaban J connectivity index is 1.40. The second-order valence-electron chi connectivity index (χ2n) is 7.88. The molecule has 2 aromatic rings. The number of benzene rings is 1. The zero-order chi connectivity index (χ0) is 19.8. The van der Waals surface area contributed by atoms with Crippen molar-refractivity contribution < 1.29 is 9.59 Å². The van der Waals surface area contributed by atoms with E-state index in [0.717, 1.165) is 35.3 Å². The first-order chi connectivity index (χ1) is 13.4. The number of fused-ring (bicyclic) bond motifs is 1. The minimum atomic E-state index is -0.153. The lowest BCUT2D eigenvalue weighted by atomic mass is 10.1. The Morgan fingerprint density at radius 1 is 1.04 bits per heavy atom. The van der Waals surface area contributed by atoms with E-state index in [2.05, 4.69) is 20.2 Å². The molecule has 148 valence electrons. The molecule has 1 aromatic carbocycles. The third kappa shape index (κ3) is 3.85. The van der Waals surface area contributed by atoms with Gasteiger partial charge >= 0.3 is 0 Å². The van der Waals surface area contributed by atoms with Crippen LogP contribution in [0.4, 0.5) is 0 Å². The van der Waals surface area contributed by atoms with Gasteiger partial charge in [0.1, 0.15) is 0 Å². The van der Waals surface area contributed by atoms with Gasteiger partial charge in [0, 0.05) is 37.8 Å². The Labute approximate surface area is 165 Å². The fourth-order valence-electron chi connectivity index (χ4n) is 3.57. The van der Waals surface area contributed by atoms with Gasteiger partial charge in [0.15, 0.2) is 0 Å². The largest absolute Gasteiger partial charge is 0.352 e. The van der Waals surface area contributed by atoms with Crippen molar-refractivity contribution in [3.05, 3.63) is 35.2 Å². The van der Waals surface area contributed by atoms with Crippen molar-refractivity contribution in [1.29, 1.82) is 0 Å². The fraction of sp³-hybridized carbons (Fsp3) is 0.524. The van der Waals surface area contributed by atoms with Crippen molar-refractivity contribution in [2.45, 2.75) is 45.7 Å². The Hall–Kier alpha value is -2.54. The molecule has 1 aliphatic heterocycles. The van der Waals surface area contributed by atoms with Crippen molar-refractivity contribution in [3.8, 4) is 0 Å². The topological polar surface area (TPSA) is 78.4 Å². The van der Waals surface area contributed by atoms with Crippen LogP contribution in [0.2, 0.25) is 0 Å². The zero-order valence-corrected chi connectivity index (χ0v) is 16.7. The molecule has 7 nitrogen and oxygen atoms in total. The molecule has 4 rings (SSSR count). The van der Waals surface area contributed by atoms with E-state index < -0.39 is 0 Å². The Morgan fingerprint density at radius 2 is 1.68 bits per heavy atom. The van der Waals surface area contributed by atoms with Crippen LogP contribution in [-0.2, 0) is 4.79 Å². The summed E-state index contributed by atoms with van der Waals surface area (Å²) in [5, 5.41) is 3.06. The summed E-state index contributed by atoms with van der Waals surface area (Å²) in [6.45, 7) is 8.46. The van der Waals surface area contributed by atoms with Crippen LogP contribution in [0.1, 0.15) is 41.5 Å². The molecule has 1 saturated carbocycles. The number of hydrogen-bond acceptors (Lipinski definition) is 5. The van der Waals surface area contributed by atoms with E-state index >= 15 is 0 Å². The molecule has 7 heteroatoms. The fourth-order valence-corrected chi connectivity index (χ4v) is 3.57. The van der Waals surface area contributed by atoms with E-state index in [1.807, 2.05) is 43.9 Å². The average molecular weight is 381 g/mol. The zero-order valence-electron chi connectivity index (χ0n) is 16.7. The van der Waals surface area contributed by atoms with Crippen LogP contribution in [0.3, 0.4) is 0 Å². The van der Waals surface area contributed by atoms with Gasteiger partial charge in [0.25, 0.3) is 5.91 Å². The minimum Gasteiger partial charge on any atom is -0.352 e. The third-order valence-corrected chi connectivity index (χ3v) is 5.77. The Kier molecular flexibility index (Phi) is 5.02. The van der Waals surface area contributed by atoms with Gasteiger partial charge in [-0.3, -0.25) is 14.5 Å². The van der Waals surface area contributed by atoms with Crippen LogP contribution in [-0.4, -0.2) is 69.8 Å². The number of hydrogen-bond donors (Lipinski definition) is 1. The molecule has 2 fully saturated rings. The number of aryl methyl sites for hydroxylation is 2. The molecule has 2 heterocycles. The van der Waals surface area contributed by atoms with Gasteiger partial charge in [-0.1, -0.05) is 0 Å². The molecule has 0 spiro atoms. The second-order valence-corrected chi connectivity index (χ2v) is 7.88. The lowest BCUT2D eigenvalue weighted by Crippen LogP contribution is -2.55. The Bertz CT molecular complexity index is 916. The van der Waals surface area contributed by atoms with Crippen molar-refractivity contribution in [1.82, 2.24) is 25.1 Å². The summed E-state index contributed by atoms with van der Waals surface area (Å²) in [5.74, 6) is 0.109. The minimum absolute atomic E-state index is 0.0108. The first-order valence-corrected chi connectivity index (χ1v) is 10.0. The normalized spacial score (nSPS) is 18.9. The van der Waals surface area contributed by atoms with E-state index in [4.69, 9.17) is 0 Å². The molecule has 28 heavy (non-hydrogen) atoms. The smallest absolute Gasteiger partial charge is 0.254 e. The molecule has 2 amide bonds. The van der Waals surface area contributed by atoms with E-state index in [9.17, 15) is 9.59 Å². The average Bonchev–Trinajstić information content (AvgIpc) is 3.51. The molecule has 2 aliphatic rings. The summed E-state index contributed by atoms with van der Waals surface area (Å²) in [6, 6.07) is 5.74. The molecule has 1 unspecified atom stereocenters. The third-order valence-electron chi connectivity index (χ3n) is 5.77. The number of piperazine rings is 1. The molecule has 1 aliphatic carbocycles. The number of carbonyl (C=O) groups excluding carboxylic acids is 2. The highest BCUT2D eigenvalue weighted by atomic mass is 16.2. The maximum Gasteiger partial charge on any atom is 0.254 e. The van der Waals surface area contributed by atoms with Gasteiger partial charge in [-0.2, -0.15) is 0 Å². The van der Waals surface area contributed by atoms with Crippen LogP contribution in [0.15, 0.2) is 18.2 Å². The summed E-state index contributed by atoms with van der Waals surface area (Å²) < 4.78 is 0. The highest BCUT2D eigenvalue weighted by molar-refractivity contribution is 5.97. The van der Waals surface area contributed by atoms with Crippen LogP contribution < -0.4 is 5.32 Å². The van der Waals surface area contributed by atoms with E-state index in [1.54, 1.807) is 0 Å². The maximum absolute atomic E-state index is 12.9. The molecule has 1 aromatic heterocycles. The summed E-state index contributed by atoms with van der Waals surface area (Å²) in [5.41, 5.74) is 3.97. The van der Waals surface area contributed by atoms with E-state index in [0.29, 0.717) is 37.8 Å². The van der Waals surface area contributed by atoms with Crippen LogP contribution in [0.25, 0.3) is 11.0 Å². The Morgan fingerprint density at radius 3 is 2.32 bits per heavy atom. The summed E-state index contributed by atoms with van der Waals surface area (Å²) in [6.07, 6.45) is 2.19. The van der Waals surface area contributed by atoms with Crippen molar-refractivity contribution in [2.75, 3.05) is 26.2 Å². The molecule has 0 radical (unpaired) electrons.